The van der Waals surface area contributed by atoms with Crippen LogP contribution in [0.5, 0.6) is 0 Å². The Bertz CT molecular complexity index is 564. The monoisotopic (exact) mass is 456 g/mol. The summed E-state index contributed by atoms with van der Waals surface area (Å²) in [4.78, 5) is 12.0. The first-order valence-corrected chi connectivity index (χ1v) is 11.3. The maximum atomic E-state index is 12.0. The normalized spacial score (nSPS) is 40.0. The molecule has 2 saturated carbocycles. The smallest absolute Gasteiger partial charge is 0.334 e. The molecular formula is C22H33IO2. The molecule has 140 valence electrons. The quantitative estimate of drug-likeness (QED) is 0.270. The molecule has 0 aromatic rings. The van der Waals surface area contributed by atoms with Gasteiger partial charge in [0.2, 0.25) is 0 Å². The number of carbonyl (C=O) groups excluding carboxylic acids is 1. The van der Waals surface area contributed by atoms with E-state index in [0.29, 0.717) is 16.9 Å². The van der Waals surface area contributed by atoms with E-state index in [0.717, 1.165) is 24.7 Å². The Morgan fingerprint density at radius 2 is 2.12 bits per heavy atom. The van der Waals surface area contributed by atoms with Gasteiger partial charge in [-0.15, -0.1) is 0 Å². The summed E-state index contributed by atoms with van der Waals surface area (Å²) in [5.74, 6) is 2.21. The fourth-order valence-corrected chi connectivity index (χ4v) is 6.60. The van der Waals surface area contributed by atoms with Gasteiger partial charge in [0.15, 0.2) is 0 Å². The second-order valence-corrected chi connectivity index (χ2v) is 9.78. The van der Waals surface area contributed by atoms with E-state index in [9.17, 15) is 4.79 Å². The topological polar surface area (TPSA) is 26.3 Å². The number of rotatable bonds is 5. The van der Waals surface area contributed by atoms with Crippen molar-refractivity contribution >= 4 is 28.6 Å². The molecule has 3 rings (SSSR count). The summed E-state index contributed by atoms with van der Waals surface area (Å²) in [5.41, 5.74) is 2.86. The molecule has 25 heavy (non-hydrogen) atoms. The number of cyclic esters (lactones) is 1. The van der Waals surface area contributed by atoms with Crippen molar-refractivity contribution in [1.29, 1.82) is 0 Å². The highest BCUT2D eigenvalue weighted by Crippen LogP contribution is 2.59. The molecule has 1 aliphatic heterocycles. The minimum absolute atomic E-state index is 0.0632. The fraction of sp³-hybridized carbons (Fsp3) is 0.773. The van der Waals surface area contributed by atoms with Gasteiger partial charge in [0, 0.05) is 11.5 Å². The molecule has 0 aromatic heterocycles. The summed E-state index contributed by atoms with van der Waals surface area (Å²) in [6, 6.07) is 0. The molecule has 3 aliphatic rings. The van der Waals surface area contributed by atoms with Gasteiger partial charge in [0.05, 0.1) is 0 Å². The average molecular weight is 456 g/mol. The molecule has 0 N–H and O–H groups in total. The van der Waals surface area contributed by atoms with Crippen LogP contribution in [0, 0.1) is 29.1 Å². The summed E-state index contributed by atoms with van der Waals surface area (Å²) >= 11 is 2.44. The highest BCUT2D eigenvalue weighted by atomic mass is 127. The zero-order chi connectivity index (χ0) is 18.2. The number of ether oxygens (including phenoxy) is 1. The number of esters is 1. The Balaban J connectivity index is 1.65. The first-order valence-electron chi connectivity index (χ1n) is 10.1. The molecule has 1 saturated heterocycles. The molecule has 5 atom stereocenters. The Labute approximate surface area is 167 Å². The maximum Gasteiger partial charge on any atom is 0.334 e. The average Bonchev–Trinajstić information content (AvgIpc) is 3.03. The summed E-state index contributed by atoms with van der Waals surface area (Å²) in [5, 5.41) is 0. The van der Waals surface area contributed by atoms with Crippen molar-refractivity contribution in [2.24, 2.45) is 29.1 Å². The molecule has 0 aromatic carbocycles. The van der Waals surface area contributed by atoms with Crippen molar-refractivity contribution in [2.45, 2.75) is 78.2 Å². The SMILES string of the molecule is C=C1C(=O)O[C@H](CCC2CC[C@H]3/C(=C/I)CCC[C@]23C)[C@@H]1CC(C)C. The largest absolute Gasteiger partial charge is 0.458 e. The lowest BCUT2D eigenvalue weighted by Gasteiger charge is -2.42. The first kappa shape index (κ1) is 19.4. The summed E-state index contributed by atoms with van der Waals surface area (Å²) < 4.78 is 8.06. The van der Waals surface area contributed by atoms with Crippen LogP contribution >= 0.6 is 22.6 Å². The van der Waals surface area contributed by atoms with Gasteiger partial charge in [-0.3, -0.25) is 0 Å². The summed E-state index contributed by atoms with van der Waals surface area (Å²) in [6.45, 7) is 11.0. The van der Waals surface area contributed by atoms with E-state index in [2.05, 4.69) is 54.0 Å². The predicted molar refractivity (Wildman–Crippen MR) is 111 cm³/mol. The van der Waals surface area contributed by atoms with E-state index < -0.39 is 0 Å². The van der Waals surface area contributed by atoms with Crippen molar-refractivity contribution in [1.82, 2.24) is 0 Å². The highest BCUT2D eigenvalue weighted by Gasteiger charge is 2.49. The highest BCUT2D eigenvalue weighted by molar-refractivity contribution is 14.1. The van der Waals surface area contributed by atoms with E-state index in [-0.39, 0.29) is 18.0 Å². The van der Waals surface area contributed by atoms with Gasteiger partial charge in [0.1, 0.15) is 6.10 Å². The van der Waals surface area contributed by atoms with Crippen LogP contribution in [0.25, 0.3) is 0 Å². The Morgan fingerprint density at radius 3 is 2.80 bits per heavy atom. The van der Waals surface area contributed by atoms with Crippen molar-refractivity contribution in [2.75, 3.05) is 0 Å². The second kappa shape index (κ2) is 7.74. The molecular weight excluding hydrogens is 423 g/mol. The van der Waals surface area contributed by atoms with Gasteiger partial charge in [0.25, 0.3) is 0 Å². The Kier molecular flexibility index (Phi) is 6.02. The van der Waals surface area contributed by atoms with Crippen LogP contribution in [0.2, 0.25) is 0 Å². The van der Waals surface area contributed by atoms with Crippen LogP contribution in [-0.4, -0.2) is 12.1 Å². The number of fused-ring (bicyclic) bond motifs is 1. The van der Waals surface area contributed by atoms with Crippen molar-refractivity contribution in [3.63, 3.8) is 0 Å². The number of carbonyl (C=O) groups is 1. The third kappa shape index (κ3) is 3.72. The first-order chi connectivity index (χ1) is 11.9. The lowest BCUT2D eigenvalue weighted by molar-refractivity contribution is -0.139. The van der Waals surface area contributed by atoms with Gasteiger partial charge >= 0.3 is 5.97 Å². The van der Waals surface area contributed by atoms with Crippen LogP contribution in [-0.2, 0) is 9.53 Å². The molecule has 1 unspecified atom stereocenters. The van der Waals surface area contributed by atoms with Crippen LogP contribution < -0.4 is 0 Å². The molecule has 0 amide bonds. The van der Waals surface area contributed by atoms with Crippen LogP contribution in [0.15, 0.2) is 21.8 Å². The molecule has 0 bridgehead atoms. The van der Waals surface area contributed by atoms with Crippen molar-refractivity contribution in [3.8, 4) is 0 Å². The Morgan fingerprint density at radius 1 is 1.36 bits per heavy atom. The van der Waals surface area contributed by atoms with Gasteiger partial charge in [-0.05, 0) is 78.6 Å². The molecule has 3 heteroatoms. The third-order valence-electron chi connectivity index (χ3n) is 7.24. The lowest BCUT2D eigenvalue weighted by atomic mass is 9.63. The Hall–Kier alpha value is -0.320. The van der Waals surface area contributed by atoms with Crippen LogP contribution in [0.1, 0.15) is 72.1 Å². The molecule has 3 fully saturated rings. The van der Waals surface area contributed by atoms with E-state index in [1.807, 2.05) is 0 Å². The lowest BCUT2D eigenvalue weighted by Crippen LogP contribution is -2.33. The molecule has 2 aliphatic carbocycles. The van der Waals surface area contributed by atoms with Crippen LogP contribution in [0.3, 0.4) is 0 Å². The van der Waals surface area contributed by atoms with E-state index in [4.69, 9.17) is 4.74 Å². The second-order valence-electron chi connectivity index (χ2n) is 9.15. The standard InChI is InChI=1S/C22H33IO2/c1-14(2)12-18-15(3)21(24)25-20(18)10-8-17-7-9-19-16(13-23)6-5-11-22(17,19)4/h13-14,17-20H,3,5-12H2,1-2,4H3/b16-13+/t17?,18-,19+,20-,22-/m1/s1. The fourth-order valence-electron chi connectivity index (χ4n) is 5.85. The molecule has 0 spiro atoms. The summed E-state index contributed by atoms with van der Waals surface area (Å²) in [6.07, 6.45) is 9.97. The summed E-state index contributed by atoms with van der Waals surface area (Å²) in [7, 11) is 0. The number of hydrogen-bond donors (Lipinski definition) is 0. The van der Waals surface area contributed by atoms with Crippen molar-refractivity contribution in [3.05, 3.63) is 21.8 Å². The van der Waals surface area contributed by atoms with Gasteiger partial charge in [-0.25, -0.2) is 4.79 Å². The van der Waals surface area contributed by atoms with Crippen LogP contribution in [0.4, 0.5) is 0 Å². The van der Waals surface area contributed by atoms with E-state index in [1.54, 1.807) is 5.57 Å². The van der Waals surface area contributed by atoms with Crippen molar-refractivity contribution < 1.29 is 9.53 Å². The minimum atomic E-state index is -0.154. The van der Waals surface area contributed by atoms with E-state index >= 15 is 0 Å². The molecule has 2 nitrogen and oxygen atoms in total. The predicted octanol–water partition coefficient (Wildman–Crippen LogP) is 6.45. The number of hydrogen-bond acceptors (Lipinski definition) is 2. The molecule has 1 heterocycles. The third-order valence-corrected chi connectivity index (χ3v) is 8.04. The van der Waals surface area contributed by atoms with Gasteiger partial charge < -0.3 is 4.74 Å². The van der Waals surface area contributed by atoms with Gasteiger partial charge in [-0.2, -0.15) is 0 Å². The van der Waals surface area contributed by atoms with E-state index in [1.165, 1.54) is 38.5 Å². The van der Waals surface area contributed by atoms with Gasteiger partial charge in [-0.1, -0.05) is 55.5 Å². The zero-order valence-corrected chi connectivity index (χ0v) is 18.2. The minimum Gasteiger partial charge on any atom is -0.458 e. The zero-order valence-electron chi connectivity index (χ0n) is 16.0. The molecule has 0 radical (unpaired) electrons. The number of halogens is 1. The number of allylic oxidation sites excluding steroid dienone is 1. The maximum absolute atomic E-state index is 12.0.